The van der Waals surface area contributed by atoms with Crippen molar-refractivity contribution in [2.45, 2.75) is 26.0 Å². The van der Waals surface area contributed by atoms with Crippen LogP contribution in [0.5, 0.6) is 0 Å². The molecule has 1 aromatic rings. The molecule has 0 bridgehead atoms. The highest BCUT2D eigenvalue weighted by Crippen LogP contribution is 2.24. The van der Waals surface area contributed by atoms with E-state index in [0.717, 1.165) is 0 Å². The summed E-state index contributed by atoms with van der Waals surface area (Å²) in [5, 5.41) is 2.57. The molecule has 5 heteroatoms. The van der Waals surface area contributed by atoms with E-state index in [9.17, 15) is 14.4 Å². The minimum Gasteiger partial charge on any atom is -0.462 e. The molecule has 1 fully saturated rings. The SMILES string of the molecule is CC(=O)OC(C)[C@@H]1C(=O)N[C@H]1C(=O)c1ccccc1. The van der Waals surface area contributed by atoms with Gasteiger partial charge in [0.2, 0.25) is 5.91 Å². The molecule has 0 radical (unpaired) electrons. The second-order valence-electron chi connectivity index (χ2n) is 4.56. The second-order valence-corrected chi connectivity index (χ2v) is 4.56. The Morgan fingerprint density at radius 2 is 1.89 bits per heavy atom. The maximum Gasteiger partial charge on any atom is 0.302 e. The van der Waals surface area contributed by atoms with Crippen LogP contribution in [0.1, 0.15) is 24.2 Å². The van der Waals surface area contributed by atoms with Gasteiger partial charge in [-0.2, -0.15) is 0 Å². The fourth-order valence-electron chi connectivity index (χ4n) is 2.22. The van der Waals surface area contributed by atoms with Crippen molar-refractivity contribution < 1.29 is 19.1 Å². The van der Waals surface area contributed by atoms with Gasteiger partial charge >= 0.3 is 5.97 Å². The van der Waals surface area contributed by atoms with E-state index in [1.807, 2.05) is 6.07 Å². The monoisotopic (exact) mass is 261 g/mol. The summed E-state index contributed by atoms with van der Waals surface area (Å²) in [6, 6.07) is 8.11. The Bertz CT molecular complexity index is 511. The molecular formula is C14H15NO4. The van der Waals surface area contributed by atoms with Crippen molar-refractivity contribution in [1.82, 2.24) is 5.32 Å². The number of carbonyl (C=O) groups is 3. The Hall–Kier alpha value is -2.17. The van der Waals surface area contributed by atoms with Gasteiger partial charge in [-0.25, -0.2) is 0 Å². The number of nitrogens with one attached hydrogen (secondary N) is 1. The number of carbonyl (C=O) groups excluding carboxylic acids is 3. The summed E-state index contributed by atoms with van der Waals surface area (Å²) in [6.07, 6.45) is -0.607. The summed E-state index contributed by atoms with van der Waals surface area (Å²) in [7, 11) is 0. The predicted molar refractivity (Wildman–Crippen MR) is 67.4 cm³/mol. The van der Waals surface area contributed by atoms with Gasteiger partial charge in [-0.05, 0) is 6.92 Å². The van der Waals surface area contributed by atoms with Gasteiger partial charge in [0.15, 0.2) is 5.78 Å². The zero-order valence-electron chi connectivity index (χ0n) is 10.8. The van der Waals surface area contributed by atoms with Crippen LogP contribution in [0.15, 0.2) is 30.3 Å². The lowest BCUT2D eigenvalue weighted by Gasteiger charge is -2.38. The number of Topliss-reactive ketones (excluding diaryl/α,β-unsaturated/α-hetero) is 1. The molecule has 0 spiro atoms. The smallest absolute Gasteiger partial charge is 0.302 e. The van der Waals surface area contributed by atoms with Gasteiger partial charge in [0.25, 0.3) is 0 Å². The first-order chi connectivity index (χ1) is 9.00. The van der Waals surface area contributed by atoms with Crippen molar-refractivity contribution in [3.8, 4) is 0 Å². The highest BCUT2D eigenvalue weighted by molar-refractivity contribution is 6.08. The Balaban J connectivity index is 2.11. The van der Waals surface area contributed by atoms with Gasteiger partial charge < -0.3 is 10.1 Å². The van der Waals surface area contributed by atoms with Crippen molar-refractivity contribution in [3.05, 3.63) is 35.9 Å². The van der Waals surface area contributed by atoms with Crippen LogP contribution in [-0.4, -0.2) is 29.8 Å². The first-order valence-corrected chi connectivity index (χ1v) is 6.07. The van der Waals surface area contributed by atoms with Crippen molar-refractivity contribution in [2.24, 2.45) is 5.92 Å². The third-order valence-corrected chi connectivity index (χ3v) is 3.16. The zero-order chi connectivity index (χ0) is 14.0. The summed E-state index contributed by atoms with van der Waals surface area (Å²) in [6.45, 7) is 2.90. The lowest BCUT2D eigenvalue weighted by molar-refractivity contribution is -0.155. The molecule has 3 atom stereocenters. The molecule has 0 aliphatic carbocycles. The number of benzene rings is 1. The molecule has 2 rings (SSSR count). The van der Waals surface area contributed by atoms with Crippen molar-refractivity contribution >= 4 is 17.7 Å². The molecule has 1 unspecified atom stereocenters. The molecular weight excluding hydrogens is 246 g/mol. The first-order valence-electron chi connectivity index (χ1n) is 6.07. The molecule has 100 valence electrons. The number of amides is 1. The third-order valence-electron chi connectivity index (χ3n) is 3.16. The number of hydrogen-bond acceptors (Lipinski definition) is 4. The standard InChI is InChI=1S/C14H15NO4/c1-8(19-9(2)16)11-12(15-14(11)18)13(17)10-6-4-3-5-7-10/h3-8,11-12H,1-2H3,(H,15,18)/t8?,11-,12+/m0/s1. The van der Waals surface area contributed by atoms with Crippen LogP contribution in [0.25, 0.3) is 0 Å². The average Bonchev–Trinajstić information content (AvgIpc) is 2.35. The third kappa shape index (κ3) is 2.65. The Morgan fingerprint density at radius 3 is 2.42 bits per heavy atom. The van der Waals surface area contributed by atoms with Crippen LogP contribution < -0.4 is 5.32 Å². The summed E-state index contributed by atoms with van der Waals surface area (Å²) < 4.78 is 4.99. The van der Waals surface area contributed by atoms with Crippen LogP contribution in [0.2, 0.25) is 0 Å². The maximum atomic E-state index is 12.2. The lowest BCUT2D eigenvalue weighted by Crippen LogP contribution is -2.65. The van der Waals surface area contributed by atoms with E-state index in [0.29, 0.717) is 5.56 Å². The maximum absolute atomic E-state index is 12.2. The number of ether oxygens (including phenoxy) is 1. The lowest BCUT2D eigenvalue weighted by atomic mass is 9.81. The van der Waals surface area contributed by atoms with Gasteiger partial charge in [-0.15, -0.1) is 0 Å². The number of hydrogen-bond donors (Lipinski definition) is 1. The molecule has 1 aromatic carbocycles. The highest BCUT2D eigenvalue weighted by Gasteiger charge is 2.48. The van der Waals surface area contributed by atoms with Gasteiger partial charge in [0, 0.05) is 12.5 Å². The molecule has 1 heterocycles. The fourth-order valence-corrected chi connectivity index (χ4v) is 2.22. The topological polar surface area (TPSA) is 72.5 Å². The van der Waals surface area contributed by atoms with E-state index in [4.69, 9.17) is 4.74 Å². The molecule has 1 aliphatic heterocycles. The molecule has 1 aliphatic rings. The van der Waals surface area contributed by atoms with E-state index in [1.165, 1.54) is 6.92 Å². The number of rotatable bonds is 4. The second kappa shape index (κ2) is 5.22. The number of β-lactam (4-membered cyclic amide) rings is 1. The summed E-state index contributed by atoms with van der Waals surface area (Å²) in [4.78, 5) is 34.7. The van der Waals surface area contributed by atoms with Gasteiger partial charge in [0.05, 0.1) is 0 Å². The molecule has 1 amide bonds. The molecule has 1 saturated heterocycles. The van der Waals surface area contributed by atoms with Crippen molar-refractivity contribution in [1.29, 1.82) is 0 Å². The van der Waals surface area contributed by atoms with E-state index in [1.54, 1.807) is 31.2 Å². The summed E-state index contributed by atoms with van der Waals surface area (Å²) in [5.74, 6) is -1.50. The van der Waals surface area contributed by atoms with Gasteiger partial charge in [-0.1, -0.05) is 30.3 Å². The highest BCUT2D eigenvalue weighted by atomic mass is 16.5. The Kier molecular flexibility index (Phi) is 3.64. The summed E-state index contributed by atoms with van der Waals surface area (Å²) in [5.41, 5.74) is 0.535. The van der Waals surface area contributed by atoms with E-state index in [2.05, 4.69) is 5.32 Å². The molecule has 5 nitrogen and oxygen atoms in total. The van der Waals surface area contributed by atoms with Crippen LogP contribution >= 0.6 is 0 Å². The van der Waals surface area contributed by atoms with Crippen LogP contribution in [0, 0.1) is 5.92 Å². The fraction of sp³-hybridized carbons (Fsp3) is 0.357. The molecule has 19 heavy (non-hydrogen) atoms. The summed E-state index contributed by atoms with van der Waals surface area (Å²) >= 11 is 0. The van der Waals surface area contributed by atoms with Crippen LogP contribution in [0.4, 0.5) is 0 Å². The van der Waals surface area contributed by atoms with E-state index >= 15 is 0 Å². The molecule has 0 aromatic heterocycles. The first kappa shape index (κ1) is 13.3. The molecule has 0 saturated carbocycles. The quantitative estimate of drug-likeness (QED) is 0.497. The zero-order valence-corrected chi connectivity index (χ0v) is 10.8. The van der Waals surface area contributed by atoms with Crippen molar-refractivity contribution in [2.75, 3.05) is 0 Å². The predicted octanol–water partition coefficient (Wildman–Crippen LogP) is 0.935. The largest absolute Gasteiger partial charge is 0.462 e. The minimum atomic E-state index is -0.621. The van der Waals surface area contributed by atoms with Crippen LogP contribution in [-0.2, 0) is 14.3 Å². The van der Waals surface area contributed by atoms with E-state index < -0.39 is 24.0 Å². The van der Waals surface area contributed by atoms with Gasteiger partial charge in [0.1, 0.15) is 18.1 Å². The average molecular weight is 261 g/mol. The van der Waals surface area contributed by atoms with Gasteiger partial charge in [-0.3, -0.25) is 14.4 Å². The normalized spacial score (nSPS) is 22.9. The number of esters is 1. The Morgan fingerprint density at radius 1 is 1.26 bits per heavy atom. The van der Waals surface area contributed by atoms with Crippen LogP contribution in [0.3, 0.4) is 0 Å². The number of ketones is 1. The minimum absolute atomic E-state index is 0.163. The van der Waals surface area contributed by atoms with E-state index in [-0.39, 0.29) is 11.7 Å². The Labute approximate surface area is 110 Å². The van der Waals surface area contributed by atoms with Crippen molar-refractivity contribution in [3.63, 3.8) is 0 Å². The molecule has 1 N–H and O–H groups in total.